The summed E-state index contributed by atoms with van der Waals surface area (Å²) in [5, 5.41) is 6.52. The summed E-state index contributed by atoms with van der Waals surface area (Å²) in [5.41, 5.74) is 11.2. The molecule has 1 rings (SSSR count). The zero-order chi connectivity index (χ0) is 13.5. The van der Waals surface area contributed by atoms with E-state index in [9.17, 15) is 9.59 Å². The van der Waals surface area contributed by atoms with Crippen LogP contribution < -0.4 is 16.8 Å². The van der Waals surface area contributed by atoms with Crippen molar-refractivity contribution in [3.8, 4) is 0 Å². The maximum absolute atomic E-state index is 11.7. The largest absolute Gasteiger partial charge is 0.368 e. The Morgan fingerprint density at radius 1 is 1.61 bits per heavy atom. The first-order chi connectivity index (χ1) is 8.52. The van der Waals surface area contributed by atoms with Gasteiger partial charge < -0.3 is 16.8 Å². The Kier molecular flexibility index (Phi) is 5.66. The molecule has 2 amide bonds. The number of hydrogen-bond donors (Lipinski definition) is 3. The maximum atomic E-state index is 11.7. The van der Waals surface area contributed by atoms with Gasteiger partial charge in [0.05, 0.1) is 17.9 Å². The van der Waals surface area contributed by atoms with Crippen LogP contribution in [-0.4, -0.2) is 39.6 Å². The van der Waals surface area contributed by atoms with Crippen LogP contribution in [-0.2, 0) is 16.1 Å². The third kappa shape index (κ3) is 4.76. The molecular weight excluding hydrogens is 254 g/mol. The molecule has 1 aromatic heterocycles. The molecule has 1 atom stereocenters. The minimum Gasteiger partial charge on any atom is -0.368 e. The van der Waals surface area contributed by atoms with E-state index >= 15 is 0 Å². The number of hydrogen-bond acceptors (Lipinski definition) is 5. The fraction of sp³-hybridized carbons (Fsp3) is 0.500. The summed E-state index contributed by atoms with van der Waals surface area (Å²) in [6.45, 7) is -0.0194. The Labute approximate surface area is 109 Å². The number of thioether (sulfide) groups is 1. The number of nitrogens with one attached hydrogen (secondary N) is 1. The standard InChI is InChI=1S/C10H17N5O2S/c1-18-3-2-8(11)10(17)14-7-4-13-15(5-7)6-9(12)16/h4-5,8H,2-3,6,11H2,1H3,(H2,12,16)(H,14,17)/t8-/m1/s1. The third-order valence-electron chi connectivity index (χ3n) is 2.19. The van der Waals surface area contributed by atoms with E-state index in [4.69, 9.17) is 11.5 Å². The highest BCUT2D eigenvalue weighted by Crippen LogP contribution is 2.06. The Morgan fingerprint density at radius 3 is 2.94 bits per heavy atom. The van der Waals surface area contributed by atoms with Crippen LogP contribution in [0, 0.1) is 0 Å². The second-order valence-corrected chi connectivity index (χ2v) is 4.76. The van der Waals surface area contributed by atoms with Crippen molar-refractivity contribution in [2.45, 2.75) is 19.0 Å². The molecule has 18 heavy (non-hydrogen) atoms. The lowest BCUT2D eigenvalue weighted by atomic mass is 10.2. The Bertz CT molecular complexity index is 420. The first-order valence-electron chi connectivity index (χ1n) is 5.39. The normalized spacial score (nSPS) is 12.1. The minimum absolute atomic E-state index is 0.0194. The van der Waals surface area contributed by atoms with Crippen LogP contribution in [0.4, 0.5) is 5.69 Å². The van der Waals surface area contributed by atoms with Gasteiger partial charge in [-0.3, -0.25) is 14.3 Å². The molecule has 7 nitrogen and oxygen atoms in total. The number of carbonyl (C=O) groups excluding carboxylic acids is 2. The average molecular weight is 271 g/mol. The molecule has 0 aliphatic heterocycles. The Hall–Kier alpha value is -1.54. The molecule has 0 aliphatic rings. The van der Waals surface area contributed by atoms with E-state index in [0.717, 1.165) is 5.75 Å². The van der Waals surface area contributed by atoms with Gasteiger partial charge in [0.25, 0.3) is 0 Å². The molecule has 0 saturated carbocycles. The number of amides is 2. The molecule has 0 aromatic carbocycles. The van der Waals surface area contributed by atoms with Crippen LogP contribution in [0.25, 0.3) is 0 Å². The van der Waals surface area contributed by atoms with E-state index in [0.29, 0.717) is 12.1 Å². The van der Waals surface area contributed by atoms with Gasteiger partial charge in [0.2, 0.25) is 11.8 Å². The van der Waals surface area contributed by atoms with E-state index in [1.807, 2.05) is 6.26 Å². The highest BCUT2D eigenvalue weighted by molar-refractivity contribution is 7.98. The lowest BCUT2D eigenvalue weighted by Gasteiger charge is -2.09. The summed E-state index contributed by atoms with van der Waals surface area (Å²) >= 11 is 1.64. The second kappa shape index (κ2) is 7.02. The lowest BCUT2D eigenvalue weighted by Crippen LogP contribution is -2.35. The number of nitrogens with zero attached hydrogens (tertiary/aromatic N) is 2. The smallest absolute Gasteiger partial charge is 0.241 e. The van der Waals surface area contributed by atoms with Gasteiger partial charge in [0.15, 0.2) is 0 Å². The summed E-state index contributed by atoms with van der Waals surface area (Å²) in [4.78, 5) is 22.4. The van der Waals surface area contributed by atoms with Gasteiger partial charge in [-0.2, -0.15) is 16.9 Å². The Balaban J connectivity index is 2.48. The van der Waals surface area contributed by atoms with E-state index in [2.05, 4.69) is 10.4 Å². The predicted octanol–water partition coefficient (Wildman–Crippen LogP) is -0.613. The molecule has 0 saturated heterocycles. The predicted molar refractivity (Wildman–Crippen MR) is 71.0 cm³/mol. The molecule has 0 fully saturated rings. The van der Waals surface area contributed by atoms with Crippen LogP contribution in [0.15, 0.2) is 12.4 Å². The van der Waals surface area contributed by atoms with Crippen LogP contribution in [0.1, 0.15) is 6.42 Å². The number of nitrogens with two attached hydrogens (primary N) is 2. The van der Waals surface area contributed by atoms with Gasteiger partial charge in [-0.15, -0.1) is 0 Å². The molecule has 5 N–H and O–H groups in total. The molecule has 1 heterocycles. The molecule has 100 valence electrons. The van der Waals surface area contributed by atoms with E-state index in [-0.39, 0.29) is 12.5 Å². The van der Waals surface area contributed by atoms with Crippen LogP contribution in [0.5, 0.6) is 0 Å². The summed E-state index contributed by atoms with van der Waals surface area (Å²) < 4.78 is 1.35. The van der Waals surface area contributed by atoms with Crippen LogP contribution in [0.2, 0.25) is 0 Å². The van der Waals surface area contributed by atoms with Crippen molar-refractivity contribution < 1.29 is 9.59 Å². The van der Waals surface area contributed by atoms with Crippen molar-refractivity contribution in [3.05, 3.63) is 12.4 Å². The monoisotopic (exact) mass is 271 g/mol. The minimum atomic E-state index is -0.544. The number of anilines is 1. The van der Waals surface area contributed by atoms with Crippen molar-refractivity contribution in [1.82, 2.24) is 9.78 Å². The number of rotatable bonds is 7. The molecular formula is C10H17N5O2S. The van der Waals surface area contributed by atoms with E-state index in [1.54, 1.807) is 11.8 Å². The zero-order valence-corrected chi connectivity index (χ0v) is 10.9. The van der Waals surface area contributed by atoms with Crippen molar-refractivity contribution in [3.63, 3.8) is 0 Å². The quantitative estimate of drug-likeness (QED) is 0.611. The average Bonchev–Trinajstić information content (AvgIpc) is 2.72. The lowest BCUT2D eigenvalue weighted by molar-refractivity contribution is -0.119. The molecule has 0 aliphatic carbocycles. The van der Waals surface area contributed by atoms with Crippen molar-refractivity contribution in [1.29, 1.82) is 0 Å². The van der Waals surface area contributed by atoms with Gasteiger partial charge in [0.1, 0.15) is 6.54 Å². The number of aromatic nitrogens is 2. The molecule has 0 radical (unpaired) electrons. The van der Waals surface area contributed by atoms with Gasteiger partial charge in [-0.1, -0.05) is 0 Å². The molecule has 0 unspecified atom stereocenters. The van der Waals surface area contributed by atoms with Crippen LogP contribution >= 0.6 is 11.8 Å². The molecule has 1 aromatic rings. The van der Waals surface area contributed by atoms with Gasteiger partial charge in [-0.05, 0) is 18.4 Å². The first-order valence-corrected chi connectivity index (χ1v) is 6.78. The van der Waals surface area contributed by atoms with Gasteiger partial charge in [0, 0.05) is 6.20 Å². The fourth-order valence-corrected chi connectivity index (χ4v) is 1.77. The van der Waals surface area contributed by atoms with Crippen LogP contribution in [0.3, 0.4) is 0 Å². The summed E-state index contributed by atoms with van der Waals surface area (Å²) in [6.07, 6.45) is 5.55. The van der Waals surface area contributed by atoms with Crippen molar-refractivity contribution >= 4 is 29.3 Å². The van der Waals surface area contributed by atoms with Gasteiger partial charge >= 0.3 is 0 Å². The summed E-state index contributed by atoms with van der Waals surface area (Å²) in [5.74, 6) is 0.0746. The first kappa shape index (κ1) is 14.5. The number of primary amides is 1. The second-order valence-electron chi connectivity index (χ2n) is 3.77. The zero-order valence-electron chi connectivity index (χ0n) is 10.1. The summed E-state index contributed by atoms with van der Waals surface area (Å²) in [7, 11) is 0. The highest BCUT2D eigenvalue weighted by atomic mass is 32.2. The third-order valence-corrected chi connectivity index (χ3v) is 2.83. The summed E-state index contributed by atoms with van der Waals surface area (Å²) in [6, 6.07) is -0.544. The van der Waals surface area contributed by atoms with Crippen molar-refractivity contribution in [2.24, 2.45) is 11.5 Å². The Morgan fingerprint density at radius 2 is 2.33 bits per heavy atom. The van der Waals surface area contributed by atoms with E-state index < -0.39 is 11.9 Å². The number of carbonyl (C=O) groups is 2. The van der Waals surface area contributed by atoms with Gasteiger partial charge in [-0.25, -0.2) is 0 Å². The molecule has 0 spiro atoms. The van der Waals surface area contributed by atoms with Crippen molar-refractivity contribution in [2.75, 3.05) is 17.3 Å². The maximum Gasteiger partial charge on any atom is 0.241 e. The molecule has 0 bridgehead atoms. The SMILES string of the molecule is CSCC[C@@H](N)C(=O)Nc1cnn(CC(N)=O)c1. The highest BCUT2D eigenvalue weighted by Gasteiger charge is 2.13. The topological polar surface area (TPSA) is 116 Å². The molecule has 8 heteroatoms. The van der Waals surface area contributed by atoms with E-state index in [1.165, 1.54) is 17.1 Å². The fourth-order valence-electron chi connectivity index (χ4n) is 1.29.